The van der Waals surface area contributed by atoms with Gasteiger partial charge in [-0.1, -0.05) is 24.3 Å². The van der Waals surface area contributed by atoms with Gasteiger partial charge in [0.05, 0.1) is 31.1 Å². The number of aromatic nitrogens is 3. The third kappa shape index (κ3) is 3.65. The molecule has 0 aliphatic heterocycles. The quantitative estimate of drug-likeness (QED) is 0.503. The molecule has 1 amide bonds. The van der Waals surface area contributed by atoms with Gasteiger partial charge in [-0.3, -0.25) is 9.89 Å². The fourth-order valence-corrected chi connectivity index (χ4v) is 3.30. The maximum Gasteiger partial charge on any atom is 0.272 e. The second-order valence-electron chi connectivity index (χ2n) is 6.74. The van der Waals surface area contributed by atoms with Crippen LogP contribution in [0.2, 0.25) is 0 Å². The number of hydrogen-bond donors (Lipinski definition) is 2. The molecule has 4 rings (SSSR count). The normalized spacial score (nSPS) is 11.2. The highest BCUT2D eigenvalue weighted by Gasteiger charge is 2.15. The van der Waals surface area contributed by atoms with E-state index in [1.54, 1.807) is 30.9 Å². The first-order valence-electron chi connectivity index (χ1n) is 9.40. The largest absolute Gasteiger partial charge is 0.493 e. The fraction of sp³-hybridized carbons (Fsp3) is 0.130. The Morgan fingerprint density at radius 3 is 2.57 bits per heavy atom. The predicted octanol–water partition coefficient (Wildman–Crippen LogP) is 4.34. The zero-order valence-electron chi connectivity index (χ0n) is 17.0. The molecule has 0 aliphatic carbocycles. The van der Waals surface area contributed by atoms with Crippen molar-refractivity contribution >= 4 is 34.6 Å². The first-order valence-corrected chi connectivity index (χ1v) is 9.40. The van der Waals surface area contributed by atoms with E-state index in [-0.39, 0.29) is 5.91 Å². The molecule has 4 aromatic rings. The van der Waals surface area contributed by atoms with Crippen LogP contribution in [0.25, 0.3) is 23.1 Å². The van der Waals surface area contributed by atoms with Crippen LogP contribution in [0.4, 0.5) is 5.69 Å². The van der Waals surface area contributed by atoms with Crippen molar-refractivity contribution in [1.29, 1.82) is 0 Å². The van der Waals surface area contributed by atoms with Crippen LogP contribution in [0, 0.1) is 0 Å². The van der Waals surface area contributed by atoms with Crippen molar-refractivity contribution in [3.8, 4) is 11.5 Å². The maximum atomic E-state index is 12.8. The number of nitrogens with one attached hydrogen (secondary N) is 2. The van der Waals surface area contributed by atoms with Crippen LogP contribution < -0.4 is 14.8 Å². The smallest absolute Gasteiger partial charge is 0.272 e. The number of H-pyrrole nitrogens is 1. The monoisotopic (exact) mass is 402 g/mol. The Hall–Kier alpha value is -4.00. The highest BCUT2D eigenvalue weighted by atomic mass is 16.5. The summed E-state index contributed by atoms with van der Waals surface area (Å²) >= 11 is 0. The lowest BCUT2D eigenvalue weighted by Gasteiger charge is -2.14. The molecular weight excluding hydrogens is 380 g/mol. The van der Waals surface area contributed by atoms with E-state index in [1.807, 2.05) is 61.8 Å². The number of hydrogen-bond acceptors (Lipinski definition) is 4. The summed E-state index contributed by atoms with van der Waals surface area (Å²) < 4.78 is 12.6. The number of para-hydroxylation sites is 1. The fourth-order valence-electron chi connectivity index (χ4n) is 3.30. The summed E-state index contributed by atoms with van der Waals surface area (Å²) in [7, 11) is 4.97. The van der Waals surface area contributed by atoms with Crippen molar-refractivity contribution in [3.63, 3.8) is 0 Å². The summed E-state index contributed by atoms with van der Waals surface area (Å²) in [4.78, 5) is 12.8. The number of benzene rings is 2. The number of methoxy groups -OCH3 is 2. The van der Waals surface area contributed by atoms with Crippen molar-refractivity contribution < 1.29 is 14.3 Å². The molecule has 2 heterocycles. The first kappa shape index (κ1) is 19.3. The van der Waals surface area contributed by atoms with Gasteiger partial charge in [-0.05, 0) is 30.3 Å². The summed E-state index contributed by atoms with van der Waals surface area (Å²) in [5.41, 5.74) is 3.69. The van der Waals surface area contributed by atoms with Crippen LogP contribution in [0.5, 0.6) is 11.5 Å². The Balaban J connectivity index is 1.73. The van der Waals surface area contributed by atoms with Gasteiger partial charge in [0, 0.05) is 30.3 Å². The van der Waals surface area contributed by atoms with Gasteiger partial charge >= 0.3 is 0 Å². The molecule has 0 radical (unpaired) electrons. The number of amides is 1. The molecule has 0 aliphatic rings. The van der Waals surface area contributed by atoms with E-state index in [0.717, 1.165) is 22.2 Å². The molecule has 7 heteroatoms. The molecule has 0 atom stereocenters. The molecule has 0 unspecified atom stereocenters. The highest BCUT2D eigenvalue weighted by Crippen LogP contribution is 2.34. The summed E-state index contributed by atoms with van der Waals surface area (Å²) in [6, 6.07) is 15.1. The maximum absolute atomic E-state index is 12.8. The van der Waals surface area contributed by atoms with E-state index in [0.29, 0.717) is 22.9 Å². The van der Waals surface area contributed by atoms with E-state index in [9.17, 15) is 4.79 Å². The summed E-state index contributed by atoms with van der Waals surface area (Å²) in [6.45, 7) is 0. The van der Waals surface area contributed by atoms with E-state index >= 15 is 0 Å². The van der Waals surface area contributed by atoms with Gasteiger partial charge < -0.3 is 19.4 Å². The number of rotatable bonds is 6. The Kier molecular flexibility index (Phi) is 5.26. The average molecular weight is 402 g/mol. The Labute approximate surface area is 173 Å². The number of carbonyl (C=O) groups excluding carboxylic acids is 1. The SMILES string of the molecule is COc1cc(C=Cc2n[nH]c3ccccc23)c(NC(=O)c2cccn2C)cc1OC. The molecular formula is C23H22N4O3. The molecule has 0 saturated heterocycles. The number of carbonyl (C=O) groups is 1. The average Bonchev–Trinajstić information content (AvgIpc) is 3.38. The van der Waals surface area contributed by atoms with Crippen molar-refractivity contribution in [1.82, 2.24) is 14.8 Å². The zero-order valence-corrected chi connectivity index (χ0v) is 17.0. The molecule has 2 N–H and O–H groups in total. The number of ether oxygens (including phenoxy) is 2. The lowest BCUT2D eigenvalue weighted by atomic mass is 10.1. The van der Waals surface area contributed by atoms with Gasteiger partial charge in [0.1, 0.15) is 5.69 Å². The molecule has 0 spiro atoms. The van der Waals surface area contributed by atoms with Gasteiger partial charge in [0.2, 0.25) is 0 Å². The topological polar surface area (TPSA) is 81.2 Å². The van der Waals surface area contributed by atoms with Crippen molar-refractivity contribution in [3.05, 3.63) is 71.7 Å². The second-order valence-corrected chi connectivity index (χ2v) is 6.74. The molecule has 152 valence electrons. The van der Waals surface area contributed by atoms with E-state index in [1.165, 1.54) is 0 Å². The van der Waals surface area contributed by atoms with Gasteiger partial charge in [-0.15, -0.1) is 0 Å². The number of anilines is 1. The van der Waals surface area contributed by atoms with Gasteiger partial charge in [0.25, 0.3) is 5.91 Å². The Bertz CT molecular complexity index is 1240. The third-order valence-electron chi connectivity index (χ3n) is 4.90. The zero-order chi connectivity index (χ0) is 21.1. The van der Waals surface area contributed by atoms with Gasteiger partial charge in [-0.2, -0.15) is 5.10 Å². The van der Waals surface area contributed by atoms with Crippen LogP contribution in [0.15, 0.2) is 54.7 Å². The summed E-state index contributed by atoms with van der Waals surface area (Å²) in [5.74, 6) is 0.887. The first-order chi connectivity index (χ1) is 14.6. The van der Waals surface area contributed by atoms with Crippen LogP contribution in [-0.2, 0) is 7.05 Å². The van der Waals surface area contributed by atoms with Gasteiger partial charge in [-0.25, -0.2) is 0 Å². The minimum atomic E-state index is -0.213. The lowest BCUT2D eigenvalue weighted by molar-refractivity contribution is 0.101. The molecule has 0 fully saturated rings. The molecule has 30 heavy (non-hydrogen) atoms. The van der Waals surface area contributed by atoms with Crippen LogP contribution in [0.3, 0.4) is 0 Å². The minimum absolute atomic E-state index is 0.213. The number of aromatic amines is 1. The van der Waals surface area contributed by atoms with Crippen LogP contribution >= 0.6 is 0 Å². The third-order valence-corrected chi connectivity index (χ3v) is 4.90. The second kappa shape index (κ2) is 8.16. The van der Waals surface area contributed by atoms with E-state index in [2.05, 4.69) is 15.5 Å². The van der Waals surface area contributed by atoms with Crippen molar-refractivity contribution in [2.45, 2.75) is 0 Å². The van der Waals surface area contributed by atoms with E-state index < -0.39 is 0 Å². The van der Waals surface area contributed by atoms with Gasteiger partial charge in [0.15, 0.2) is 11.5 Å². The Morgan fingerprint density at radius 2 is 1.83 bits per heavy atom. The molecule has 0 saturated carbocycles. The summed E-state index contributed by atoms with van der Waals surface area (Å²) in [6.07, 6.45) is 5.62. The molecule has 0 bridgehead atoms. The predicted molar refractivity (Wildman–Crippen MR) is 118 cm³/mol. The van der Waals surface area contributed by atoms with E-state index in [4.69, 9.17) is 9.47 Å². The van der Waals surface area contributed by atoms with Crippen LogP contribution in [-0.4, -0.2) is 34.9 Å². The van der Waals surface area contributed by atoms with Crippen LogP contribution in [0.1, 0.15) is 21.7 Å². The standard InChI is InChI=1S/C23H22N4O3/c1-27-12-6-9-20(27)23(28)24-19-14-22(30-3)21(29-2)13-15(19)10-11-18-16-7-4-5-8-17(16)25-26-18/h4-14H,1-3H3,(H,24,28)(H,25,26). The molecule has 7 nitrogen and oxygen atoms in total. The number of fused-ring (bicyclic) bond motifs is 1. The number of nitrogens with zero attached hydrogens (tertiary/aromatic N) is 2. The highest BCUT2D eigenvalue weighted by molar-refractivity contribution is 6.05. The minimum Gasteiger partial charge on any atom is -0.493 e. The van der Waals surface area contributed by atoms with Crippen molar-refractivity contribution in [2.24, 2.45) is 7.05 Å². The number of aryl methyl sites for hydroxylation is 1. The lowest BCUT2D eigenvalue weighted by Crippen LogP contribution is -2.16. The van der Waals surface area contributed by atoms with Crippen molar-refractivity contribution in [2.75, 3.05) is 19.5 Å². The molecule has 2 aromatic heterocycles. The molecule has 2 aromatic carbocycles. The Morgan fingerprint density at radius 1 is 1.07 bits per heavy atom. The summed E-state index contributed by atoms with van der Waals surface area (Å²) in [5, 5.41) is 11.4.